The zero-order chi connectivity index (χ0) is 21.9. The van der Waals surface area contributed by atoms with Gasteiger partial charge in [0, 0.05) is 0 Å². The van der Waals surface area contributed by atoms with E-state index in [-0.39, 0.29) is 0 Å². The Kier molecular flexibility index (Phi) is 16.2. The Morgan fingerprint density at radius 2 is 1.10 bits per heavy atom. The standard InChI is InChI=1S/C29H53N/c1-5-6-7-8-9-10-11-12-13-14-15-16-17-18-21-28-23-25-29(26-24-28)22-19-20-27-30(2,3)4/h23-25H,5-22,27H2,1-4H3/q+1. The van der Waals surface area contributed by atoms with Gasteiger partial charge in [0.05, 0.1) is 27.7 Å². The first-order chi connectivity index (χ1) is 14.5. The third kappa shape index (κ3) is 16.9. The fourth-order valence-electron chi connectivity index (χ4n) is 4.23. The van der Waals surface area contributed by atoms with Gasteiger partial charge in [-0.05, 0) is 49.3 Å². The lowest BCUT2D eigenvalue weighted by atomic mass is 10.0. The number of benzene rings is 1. The van der Waals surface area contributed by atoms with Crippen molar-refractivity contribution in [1.82, 2.24) is 0 Å². The quantitative estimate of drug-likeness (QED) is 0.148. The first-order valence-corrected chi connectivity index (χ1v) is 13.3. The molecule has 0 aliphatic rings. The molecule has 0 N–H and O–H groups in total. The molecule has 1 heteroatoms. The molecule has 0 aliphatic heterocycles. The van der Waals surface area contributed by atoms with E-state index in [1.165, 1.54) is 133 Å². The van der Waals surface area contributed by atoms with Crippen LogP contribution in [0.3, 0.4) is 0 Å². The van der Waals surface area contributed by atoms with Crippen molar-refractivity contribution < 1.29 is 4.48 Å². The molecule has 1 radical (unpaired) electrons. The summed E-state index contributed by atoms with van der Waals surface area (Å²) in [6.07, 6.45) is 25.1. The zero-order valence-electron chi connectivity index (χ0n) is 21.1. The summed E-state index contributed by atoms with van der Waals surface area (Å²) in [5, 5.41) is 0. The van der Waals surface area contributed by atoms with E-state index < -0.39 is 0 Å². The lowest BCUT2D eigenvalue weighted by molar-refractivity contribution is -0.870. The molecule has 0 bridgehead atoms. The van der Waals surface area contributed by atoms with E-state index in [1.807, 2.05) is 0 Å². The monoisotopic (exact) mass is 415 g/mol. The Morgan fingerprint density at radius 3 is 1.57 bits per heavy atom. The van der Waals surface area contributed by atoms with Crippen LogP contribution in [0.2, 0.25) is 0 Å². The van der Waals surface area contributed by atoms with E-state index in [4.69, 9.17) is 0 Å². The average molecular weight is 416 g/mol. The Labute approximate surface area is 190 Å². The van der Waals surface area contributed by atoms with Gasteiger partial charge in [-0.3, -0.25) is 0 Å². The van der Waals surface area contributed by atoms with Gasteiger partial charge in [0.2, 0.25) is 0 Å². The van der Waals surface area contributed by atoms with Crippen molar-refractivity contribution in [1.29, 1.82) is 0 Å². The molecule has 0 heterocycles. The van der Waals surface area contributed by atoms with Crippen LogP contribution in [0.1, 0.15) is 121 Å². The smallest absolute Gasteiger partial charge is 0.0780 e. The number of quaternary nitrogens is 1. The largest absolute Gasteiger partial charge is 0.331 e. The molecule has 1 aromatic carbocycles. The summed E-state index contributed by atoms with van der Waals surface area (Å²) in [5.74, 6) is 0. The van der Waals surface area contributed by atoms with E-state index in [9.17, 15) is 0 Å². The molecule has 0 amide bonds. The van der Waals surface area contributed by atoms with Crippen molar-refractivity contribution in [3.05, 3.63) is 35.4 Å². The minimum absolute atomic E-state index is 1.07. The fraction of sp³-hybridized carbons (Fsp3) is 0.793. The van der Waals surface area contributed by atoms with Gasteiger partial charge < -0.3 is 4.48 Å². The van der Waals surface area contributed by atoms with Crippen molar-refractivity contribution in [3.63, 3.8) is 0 Å². The maximum atomic E-state index is 3.53. The van der Waals surface area contributed by atoms with Gasteiger partial charge in [-0.2, -0.15) is 0 Å². The molecule has 0 aliphatic carbocycles. The highest BCUT2D eigenvalue weighted by Gasteiger charge is 2.05. The van der Waals surface area contributed by atoms with Crippen LogP contribution >= 0.6 is 0 Å². The first kappa shape index (κ1) is 27.2. The number of nitrogens with zero attached hydrogens (tertiary/aromatic N) is 1. The summed E-state index contributed by atoms with van der Waals surface area (Å²) in [7, 11) is 6.83. The summed E-state index contributed by atoms with van der Waals surface area (Å²) >= 11 is 0. The molecule has 173 valence electrons. The molecule has 30 heavy (non-hydrogen) atoms. The molecule has 0 atom stereocenters. The summed E-state index contributed by atoms with van der Waals surface area (Å²) < 4.78 is 1.07. The van der Waals surface area contributed by atoms with Crippen LogP contribution in [0.4, 0.5) is 0 Å². The molecule has 1 rings (SSSR count). The third-order valence-corrected chi connectivity index (χ3v) is 6.29. The summed E-state index contributed by atoms with van der Waals surface area (Å²) in [5.41, 5.74) is 2.87. The predicted molar refractivity (Wildman–Crippen MR) is 135 cm³/mol. The number of aryl methyl sites for hydroxylation is 2. The van der Waals surface area contributed by atoms with Crippen LogP contribution in [-0.2, 0) is 12.8 Å². The van der Waals surface area contributed by atoms with Crippen molar-refractivity contribution in [2.45, 2.75) is 122 Å². The SMILES string of the molecule is CCCCCCCCCCCCCCCCc1c[c]c(CCCC[N+](C)(C)C)cc1. The highest BCUT2D eigenvalue weighted by atomic mass is 15.3. The minimum Gasteiger partial charge on any atom is -0.331 e. The highest BCUT2D eigenvalue weighted by molar-refractivity contribution is 5.21. The molecule has 1 nitrogen and oxygen atoms in total. The van der Waals surface area contributed by atoms with Crippen molar-refractivity contribution in [2.24, 2.45) is 0 Å². The van der Waals surface area contributed by atoms with E-state index >= 15 is 0 Å². The molecular formula is C29H53N+. The van der Waals surface area contributed by atoms with Gasteiger partial charge in [0.25, 0.3) is 0 Å². The second-order valence-corrected chi connectivity index (χ2v) is 10.5. The molecule has 0 fully saturated rings. The number of unbranched alkanes of at least 4 members (excludes halogenated alkanes) is 14. The maximum Gasteiger partial charge on any atom is 0.0780 e. The summed E-state index contributed by atoms with van der Waals surface area (Å²) in [4.78, 5) is 0. The zero-order valence-corrected chi connectivity index (χ0v) is 21.1. The van der Waals surface area contributed by atoms with Gasteiger partial charge in [-0.1, -0.05) is 109 Å². The fourth-order valence-corrected chi connectivity index (χ4v) is 4.23. The van der Waals surface area contributed by atoms with Gasteiger partial charge in [-0.25, -0.2) is 0 Å². The molecule has 1 aromatic rings. The topological polar surface area (TPSA) is 0 Å². The second kappa shape index (κ2) is 17.8. The van der Waals surface area contributed by atoms with Gasteiger partial charge in [0.1, 0.15) is 0 Å². The Hall–Kier alpha value is -0.820. The average Bonchev–Trinajstić information content (AvgIpc) is 2.72. The molecular weight excluding hydrogens is 362 g/mol. The molecule has 0 aromatic heterocycles. The van der Waals surface area contributed by atoms with E-state index in [0.717, 1.165) is 4.48 Å². The Morgan fingerprint density at radius 1 is 0.600 bits per heavy atom. The van der Waals surface area contributed by atoms with Crippen LogP contribution in [0.15, 0.2) is 18.2 Å². The van der Waals surface area contributed by atoms with Crippen LogP contribution in [0.25, 0.3) is 0 Å². The summed E-state index contributed by atoms with van der Waals surface area (Å²) in [6, 6.07) is 10.4. The van der Waals surface area contributed by atoms with Crippen molar-refractivity contribution >= 4 is 0 Å². The van der Waals surface area contributed by atoms with Crippen LogP contribution in [-0.4, -0.2) is 32.2 Å². The molecule has 0 spiro atoms. The van der Waals surface area contributed by atoms with Crippen LogP contribution in [0.5, 0.6) is 0 Å². The molecule has 0 unspecified atom stereocenters. The van der Waals surface area contributed by atoms with E-state index in [0.29, 0.717) is 0 Å². The van der Waals surface area contributed by atoms with Crippen LogP contribution < -0.4 is 0 Å². The van der Waals surface area contributed by atoms with Crippen molar-refractivity contribution in [2.75, 3.05) is 27.7 Å². The normalized spacial score (nSPS) is 11.9. The van der Waals surface area contributed by atoms with Gasteiger partial charge in [0.15, 0.2) is 0 Å². The van der Waals surface area contributed by atoms with Crippen molar-refractivity contribution in [3.8, 4) is 0 Å². The number of hydrogen-bond donors (Lipinski definition) is 0. The second-order valence-electron chi connectivity index (χ2n) is 10.5. The Balaban J connectivity index is 1.91. The van der Waals surface area contributed by atoms with Gasteiger partial charge >= 0.3 is 0 Å². The molecule has 0 saturated heterocycles. The lowest BCUT2D eigenvalue weighted by Crippen LogP contribution is -2.35. The molecule has 0 saturated carbocycles. The third-order valence-electron chi connectivity index (χ3n) is 6.29. The Bertz CT molecular complexity index is 482. The van der Waals surface area contributed by atoms with Gasteiger partial charge in [-0.15, -0.1) is 0 Å². The highest BCUT2D eigenvalue weighted by Crippen LogP contribution is 2.15. The lowest BCUT2D eigenvalue weighted by Gasteiger charge is -2.23. The van der Waals surface area contributed by atoms with Crippen LogP contribution in [0, 0.1) is 6.07 Å². The predicted octanol–water partition coefficient (Wildman–Crippen LogP) is 8.54. The first-order valence-electron chi connectivity index (χ1n) is 13.3. The number of rotatable bonds is 20. The van der Waals surface area contributed by atoms with E-state index in [1.54, 1.807) is 0 Å². The summed E-state index contributed by atoms with van der Waals surface area (Å²) in [6.45, 7) is 3.56. The number of hydrogen-bond acceptors (Lipinski definition) is 0. The minimum atomic E-state index is 1.07. The van der Waals surface area contributed by atoms with E-state index in [2.05, 4.69) is 52.3 Å². The maximum absolute atomic E-state index is 3.53.